The van der Waals surface area contributed by atoms with Crippen molar-refractivity contribution in [3.05, 3.63) is 34.3 Å². The molecule has 5 heteroatoms. The van der Waals surface area contributed by atoms with E-state index in [0.717, 1.165) is 25.2 Å². The minimum atomic E-state index is 0. The number of nitrogens with one attached hydrogen (secondary N) is 1. The molecule has 100 valence electrons. The van der Waals surface area contributed by atoms with Crippen LogP contribution in [0.15, 0.2) is 18.2 Å². The minimum Gasteiger partial charge on any atom is -0.336 e. The molecular weight excluding hydrogens is 271 g/mol. The van der Waals surface area contributed by atoms with Gasteiger partial charge in [0.1, 0.15) is 0 Å². The first-order valence-electron chi connectivity index (χ1n) is 5.87. The number of nitrogens with zero attached hydrogens (tertiary/aromatic N) is 1. The normalized spacial score (nSPS) is 19.3. The molecule has 1 amide bonds. The van der Waals surface area contributed by atoms with E-state index in [1.165, 1.54) is 0 Å². The molecule has 1 aliphatic heterocycles. The average molecular weight is 289 g/mol. The van der Waals surface area contributed by atoms with Gasteiger partial charge in [-0.1, -0.05) is 17.7 Å². The minimum absolute atomic E-state index is 0. The molecule has 0 saturated carbocycles. The summed E-state index contributed by atoms with van der Waals surface area (Å²) >= 11 is 6.12. The van der Waals surface area contributed by atoms with Gasteiger partial charge in [0, 0.05) is 25.7 Å². The number of rotatable bonds is 1. The van der Waals surface area contributed by atoms with Crippen molar-refractivity contribution in [3.63, 3.8) is 0 Å². The fraction of sp³-hybridized carbons (Fsp3) is 0.462. The van der Waals surface area contributed by atoms with Crippen molar-refractivity contribution in [3.8, 4) is 0 Å². The zero-order valence-corrected chi connectivity index (χ0v) is 12.1. The molecule has 1 heterocycles. The molecule has 1 fully saturated rings. The lowest BCUT2D eigenvalue weighted by Crippen LogP contribution is -2.51. The molecule has 0 aliphatic carbocycles. The van der Waals surface area contributed by atoms with Crippen LogP contribution in [-0.4, -0.2) is 36.5 Å². The van der Waals surface area contributed by atoms with Gasteiger partial charge in [-0.05, 0) is 31.5 Å². The highest BCUT2D eigenvalue weighted by Crippen LogP contribution is 2.19. The highest BCUT2D eigenvalue weighted by atomic mass is 35.5. The van der Waals surface area contributed by atoms with Gasteiger partial charge in [0.2, 0.25) is 0 Å². The van der Waals surface area contributed by atoms with Crippen molar-refractivity contribution in [1.29, 1.82) is 0 Å². The van der Waals surface area contributed by atoms with Crippen molar-refractivity contribution in [2.24, 2.45) is 0 Å². The summed E-state index contributed by atoms with van der Waals surface area (Å²) in [7, 11) is 0. The molecule has 18 heavy (non-hydrogen) atoms. The Bertz CT molecular complexity index is 437. The first kappa shape index (κ1) is 15.3. The number of benzene rings is 1. The van der Waals surface area contributed by atoms with Crippen molar-refractivity contribution < 1.29 is 4.79 Å². The summed E-state index contributed by atoms with van der Waals surface area (Å²) in [6.45, 7) is 6.37. The zero-order chi connectivity index (χ0) is 12.4. The van der Waals surface area contributed by atoms with Crippen LogP contribution >= 0.6 is 24.0 Å². The molecule has 0 radical (unpaired) electrons. The number of carbonyl (C=O) groups excluding carboxylic acids is 1. The maximum atomic E-state index is 12.3. The van der Waals surface area contributed by atoms with Gasteiger partial charge >= 0.3 is 0 Å². The van der Waals surface area contributed by atoms with Gasteiger partial charge in [0.15, 0.2) is 0 Å². The monoisotopic (exact) mass is 288 g/mol. The second-order valence-electron chi connectivity index (χ2n) is 4.59. The Kier molecular flexibility index (Phi) is 5.45. The highest BCUT2D eigenvalue weighted by molar-refractivity contribution is 6.33. The first-order chi connectivity index (χ1) is 8.08. The molecule has 3 nitrogen and oxygen atoms in total. The van der Waals surface area contributed by atoms with E-state index in [9.17, 15) is 4.79 Å². The topological polar surface area (TPSA) is 32.3 Å². The molecule has 1 aliphatic rings. The second kappa shape index (κ2) is 6.41. The van der Waals surface area contributed by atoms with Crippen LogP contribution in [0, 0.1) is 6.92 Å². The Morgan fingerprint density at radius 1 is 1.50 bits per heavy atom. The van der Waals surface area contributed by atoms with Gasteiger partial charge in [-0.25, -0.2) is 0 Å². The van der Waals surface area contributed by atoms with E-state index in [1.54, 1.807) is 0 Å². The molecule has 1 aromatic rings. The molecule has 2 rings (SSSR count). The van der Waals surface area contributed by atoms with E-state index < -0.39 is 0 Å². The van der Waals surface area contributed by atoms with Gasteiger partial charge in [-0.3, -0.25) is 4.79 Å². The Morgan fingerprint density at radius 3 is 2.83 bits per heavy atom. The number of halogens is 2. The quantitative estimate of drug-likeness (QED) is 0.861. The third kappa shape index (κ3) is 3.37. The van der Waals surface area contributed by atoms with E-state index in [1.807, 2.05) is 30.0 Å². The molecule has 1 N–H and O–H groups in total. The van der Waals surface area contributed by atoms with Crippen molar-refractivity contribution in [2.75, 3.05) is 19.6 Å². The standard InChI is InChI=1S/C13H17ClN2O.ClH/c1-9-3-4-11(12(14)7-9)13(17)16-6-5-15-10(2)8-16;/h3-4,7,10,15H,5-6,8H2,1-2H3;1H. The van der Waals surface area contributed by atoms with E-state index in [2.05, 4.69) is 12.2 Å². The lowest BCUT2D eigenvalue weighted by Gasteiger charge is -2.32. The second-order valence-corrected chi connectivity index (χ2v) is 5.00. The van der Waals surface area contributed by atoms with Crippen LogP contribution in [0.5, 0.6) is 0 Å². The predicted molar refractivity (Wildman–Crippen MR) is 76.8 cm³/mol. The summed E-state index contributed by atoms with van der Waals surface area (Å²) in [4.78, 5) is 14.1. The maximum Gasteiger partial charge on any atom is 0.255 e. The summed E-state index contributed by atoms with van der Waals surface area (Å²) in [6, 6.07) is 5.91. The smallest absolute Gasteiger partial charge is 0.255 e. The molecule has 1 unspecified atom stereocenters. The third-order valence-corrected chi connectivity index (χ3v) is 3.32. The molecule has 1 aromatic carbocycles. The molecule has 1 saturated heterocycles. The fourth-order valence-corrected chi connectivity index (χ4v) is 2.40. The van der Waals surface area contributed by atoms with E-state index in [0.29, 0.717) is 16.6 Å². The zero-order valence-electron chi connectivity index (χ0n) is 10.6. The van der Waals surface area contributed by atoms with Crippen LogP contribution in [-0.2, 0) is 0 Å². The molecule has 0 spiro atoms. The number of carbonyl (C=O) groups is 1. The highest BCUT2D eigenvalue weighted by Gasteiger charge is 2.22. The molecule has 0 aromatic heterocycles. The number of piperazine rings is 1. The largest absolute Gasteiger partial charge is 0.336 e. The van der Waals surface area contributed by atoms with Gasteiger partial charge in [0.25, 0.3) is 5.91 Å². The molecule has 0 bridgehead atoms. The van der Waals surface area contributed by atoms with Crippen molar-refractivity contribution in [1.82, 2.24) is 10.2 Å². The number of amides is 1. The summed E-state index contributed by atoms with van der Waals surface area (Å²) in [5.74, 6) is 0.0309. The van der Waals surface area contributed by atoms with E-state index in [-0.39, 0.29) is 18.3 Å². The number of aryl methyl sites for hydroxylation is 1. The van der Waals surface area contributed by atoms with Gasteiger partial charge in [-0.2, -0.15) is 0 Å². The maximum absolute atomic E-state index is 12.3. The fourth-order valence-electron chi connectivity index (χ4n) is 2.08. The van der Waals surface area contributed by atoms with Crippen molar-refractivity contribution >= 4 is 29.9 Å². The van der Waals surface area contributed by atoms with E-state index in [4.69, 9.17) is 11.6 Å². The van der Waals surface area contributed by atoms with Crippen LogP contribution in [0.4, 0.5) is 0 Å². The Hall–Kier alpha value is -0.770. The van der Waals surface area contributed by atoms with E-state index >= 15 is 0 Å². The lowest BCUT2D eigenvalue weighted by atomic mass is 10.1. The summed E-state index contributed by atoms with van der Waals surface area (Å²) in [5.41, 5.74) is 1.67. The van der Waals surface area contributed by atoms with Crippen LogP contribution in [0.2, 0.25) is 5.02 Å². The summed E-state index contributed by atoms with van der Waals surface area (Å²) in [5, 5.41) is 3.86. The summed E-state index contributed by atoms with van der Waals surface area (Å²) in [6.07, 6.45) is 0. The number of hydrogen-bond donors (Lipinski definition) is 1. The number of hydrogen-bond acceptors (Lipinski definition) is 2. The summed E-state index contributed by atoms with van der Waals surface area (Å²) < 4.78 is 0. The van der Waals surface area contributed by atoms with Crippen molar-refractivity contribution in [2.45, 2.75) is 19.9 Å². The average Bonchev–Trinajstić information content (AvgIpc) is 2.28. The Morgan fingerprint density at radius 2 is 2.22 bits per heavy atom. The lowest BCUT2D eigenvalue weighted by molar-refractivity contribution is 0.0709. The molecule has 1 atom stereocenters. The van der Waals surface area contributed by atoms with Crippen LogP contribution in [0.1, 0.15) is 22.8 Å². The molecular formula is C13H18Cl2N2O. The predicted octanol–water partition coefficient (Wildman–Crippen LogP) is 2.50. The third-order valence-electron chi connectivity index (χ3n) is 3.01. The van der Waals surface area contributed by atoms with Crippen LogP contribution in [0.3, 0.4) is 0 Å². The van der Waals surface area contributed by atoms with Crippen LogP contribution < -0.4 is 5.32 Å². The van der Waals surface area contributed by atoms with Gasteiger partial charge in [0.05, 0.1) is 10.6 Å². The van der Waals surface area contributed by atoms with Gasteiger partial charge in [-0.15, -0.1) is 12.4 Å². The SMILES string of the molecule is Cc1ccc(C(=O)N2CCNC(C)C2)c(Cl)c1.Cl. The van der Waals surface area contributed by atoms with Crippen LogP contribution in [0.25, 0.3) is 0 Å². The first-order valence-corrected chi connectivity index (χ1v) is 6.24. The Balaban J connectivity index is 0.00000162. The Labute approximate surface area is 119 Å². The van der Waals surface area contributed by atoms with Gasteiger partial charge < -0.3 is 10.2 Å².